The van der Waals surface area contributed by atoms with Gasteiger partial charge in [0.25, 0.3) is 5.91 Å². The van der Waals surface area contributed by atoms with Gasteiger partial charge in [-0.05, 0) is 75.1 Å². The first-order valence-corrected chi connectivity index (χ1v) is 14.9. The highest BCUT2D eigenvalue weighted by Gasteiger charge is 2.34. The average molecular weight is 581 g/mol. The number of nitriles is 1. The van der Waals surface area contributed by atoms with Gasteiger partial charge in [0.15, 0.2) is 5.82 Å². The minimum absolute atomic E-state index is 0.0150. The lowest BCUT2D eigenvalue weighted by molar-refractivity contribution is 0.0755. The lowest BCUT2D eigenvalue weighted by Gasteiger charge is -2.44. The molecule has 9 nitrogen and oxygen atoms in total. The minimum Gasteiger partial charge on any atom is -0.350 e. The molecule has 0 atom stereocenters. The molecule has 6 rings (SSSR count). The van der Waals surface area contributed by atoms with E-state index in [4.69, 9.17) is 4.98 Å². The number of benzene rings is 2. The molecule has 0 unspecified atom stereocenters. The number of nitrogens with one attached hydrogen (secondary N) is 1. The van der Waals surface area contributed by atoms with Crippen molar-refractivity contribution in [3.63, 3.8) is 0 Å². The number of fused-ring (bicyclic) bond motifs is 2. The number of carbonyl (C=O) groups excluding carboxylic acids is 1. The van der Waals surface area contributed by atoms with Gasteiger partial charge in [-0.3, -0.25) is 9.69 Å². The summed E-state index contributed by atoms with van der Waals surface area (Å²) in [6.45, 7) is 10.2. The molecule has 222 valence electrons. The molecule has 0 saturated carbocycles. The Bertz CT molecular complexity index is 1700. The summed E-state index contributed by atoms with van der Waals surface area (Å²) in [6.07, 6.45) is 5.39. The first kappa shape index (κ1) is 28.6. The number of anilines is 3. The van der Waals surface area contributed by atoms with Crippen LogP contribution in [0.15, 0.2) is 48.9 Å². The number of amides is 1. The zero-order chi connectivity index (χ0) is 30.2. The smallest absolute Gasteiger partial charge is 0.256 e. The maximum Gasteiger partial charge on any atom is 0.256 e. The molecule has 0 bridgehead atoms. The zero-order valence-electron chi connectivity index (χ0n) is 25.1. The van der Waals surface area contributed by atoms with Crippen molar-refractivity contribution < 1.29 is 9.18 Å². The first-order chi connectivity index (χ1) is 20.7. The summed E-state index contributed by atoms with van der Waals surface area (Å²) in [6, 6.07) is 13.1. The Kier molecular flexibility index (Phi) is 7.75. The molecule has 0 aliphatic carbocycles. The van der Waals surface area contributed by atoms with Crippen LogP contribution >= 0.6 is 0 Å². The number of nitrogens with zero attached hydrogens (tertiary/aromatic N) is 7. The van der Waals surface area contributed by atoms with Crippen LogP contribution in [-0.2, 0) is 6.54 Å². The molecular weight excluding hydrogens is 543 g/mol. The highest BCUT2D eigenvalue weighted by atomic mass is 19.1. The number of likely N-dealkylation sites (tertiary alicyclic amines) is 1. The Morgan fingerprint density at radius 2 is 1.93 bits per heavy atom. The molecule has 0 spiro atoms. The molecule has 0 radical (unpaired) electrons. The molecule has 1 N–H and O–H groups in total. The van der Waals surface area contributed by atoms with Gasteiger partial charge >= 0.3 is 0 Å². The highest BCUT2D eigenvalue weighted by Crippen LogP contribution is 2.39. The number of hydrogen-bond acceptors (Lipinski definition) is 7. The summed E-state index contributed by atoms with van der Waals surface area (Å²) in [5.41, 5.74) is 5.93. The normalized spacial score (nSPS) is 16.0. The SMILES string of the molecule is Cc1c(CN2CCC(N3CCN(c4ccc(F)cc4C(=O)N(C)C(C)C)c4cncnc43)CC2)ccc2[nH]c(C#N)cc12. The van der Waals surface area contributed by atoms with E-state index in [1.165, 1.54) is 23.3 Å². The molecule has 1 amide bonds. The molecule has 43 heavy (non-hydrogen) atoms. The third kappa shape index (κ3) is 5.41. The van der Waals surface area contributed by atoms with Crippen molar-refractivity contribution in [2.75, 3.05) is 43.0 Å². The van der Waals surface area contributed by atoms with E-state index < -0.39 is 5.82 Å². The third-order valence-corrected chi connectivity index (χ3v) is 9.07. The van der Waals surface area contributed by atoms with E-state index >= 15 is 0 Å². The summed E-state index contributed by atoms with van der Waals surface area (Å²) < 4.78 is 14.4. The van der Waals surface area contributed by atoms with Crippen molar-refractivity contribution in [1.82, 2.24) is 24.8 Å². The lowest BCUT2D eigenvalue weighted by Crippen LogP contribution is -2.50. The summed E-state index contributed by atoms with van der Waals surface area (Å²) in [4.78, 5) is 34.1. The fourth-order valence-corrected chi connectivity index (χ4v) is 6.36. The van der Waals surface area contributed by atoms with Crippen LogP contribution in [0.1, 0.15) is 53.9 Å². The maximum absolute atomic E-state index is 14.4. The van der Waals surface area contributed by atoms with Crippen LogP contribution in [0.4, 0.5) is 21.6 Å². The van der Waals surface area contributed by atoms with E-state index in [1.807, 2.05) is 19.9 Å². The summed E-state index contributed by atoms with van der Waals surface area (Å²) >= 11 is 0. The van der Waals surface area contributed by atoms with E-state index in [1.54, 1.807) is 30.5 Å². The van der Waals surface area contributed by atoms with Crippen LogP contribution < -0.4 is 9.80 Å². The Hall–Kier alpha value is -4.49. The number of carbonyl (C=O) groups is 1. The summed E-state index contributed by atoms with van der Waals surface area (Å²) in [5, 5.41) is 10.4. The molecule has 2 aromatic carbocycles. The van der Waals surface area contributed by atoms with Gasteiger partial charge in [-0.15, -0.1) is 0 Å². The fraction of sp³-hybridized carbons (Fsp3) is 0.394. The van der Waals surface area contributed by atoms with Gasteiger partial charge < -0.3 is 19.7 Å². The van der Waals surface area contributed by atoms with Gasteiger partial charge in [0.05, 0.1) is 17.4 Å². The van der Waals surface area contributed by atoms with E-state index in [-0.39, 0.29) is 11.9 Å². The molecule has 1 saturated heterocycles. The minimum atomic E-state index is -0.436. The fourth-order valence-electron chi connectivity index (χ4n) is 6.36. The van der Waals surface area contributed by atoms with Gasteiger partial charge in [-0.2, -0.15) is 5.26 Å². The number of aromatic amines is 1. The van der Waals surface area contributed by atoms with E-state index in [9.17, 15) is 14.4 Å². The van der Waals surface area contributed by atoms with Crippen molar-refractivity contribution in [2.24, 2.45) is 0 Å². The predicted molar refractivity (Wildman–Crippen MR) is 166 cm³/mol. The molecule has 10 heteroatoms. The van der Waals surface area contributed by atoms with Crippen molar-refractivity contribution in [2.45, 2.75) is 52.2 Å². The molecule has 4 heterocycles. The van der Waals surface area contributed by atoms with Crippen LogP contribution in [0.25, 0.3) is 10.9 Å². The van der Waals surface area contributed by atoms with Gasteiger partial charge in [0.2, 0.25) is 0 Å². The molecule has 1 fully saturated rings. The van der Waals surface area contributed by atoms with Crippen LogP contribution in [0, 0.1) is 24.1 Å². The molecule has 2 aliphatic rings. The molecule has 2 aromatic heterocycles. The quantitative estimate of drug-likeness (QED) is 0.327. The van der Waals surface area contributed by atoms with Crippen molar-refractivity contribution >= 4 is 34.0 Å². The predicted octanol–water partition coefficient (Wildman–Crippen LogP) is 5.38. The number of halogens is 1. The van der Waals surface area contributed by atoms with Crippen LogP contribution in [0.2, 0.25) is 0 Å². The second-order valence-corrected chi connectivity index (χ2v) is 11.9. The average Bonchev–Trinajstić information content (AvgIpc) is 3.46. The second kappa shape index (κ2) is 11.7. The topological polar surface area (TPSA) is 95.4 Å². The Morgan fingerprint density at radius 1 is 1.14 bits per heavy atom. The number of H-pyrrole nitrogens is 1. The summed E-state index contributed by atoms with van der Waals surface area (Å²) in [7, 11) is 1.74. The van der Waals surface area contributed by atoms with Gasteiger partial charge in [-0.1, -0.05) is 6.07 Å². The molecular formula is C33H37FN8O. The number of hydrogen-bond donors (Lipinski definition) is 1. The van der Waals surface area contributed by atoms with Crippen LogP contribution in [0.3, 0.4) is 0 Å². The van der Waals surface area contributed by atoms with E-state index in [0.717, 1.165) is 61.4 Å². The largest absolute Gasteiger partial charge is 0.350 e. The molecule has 2 aliphatic heterocycles. The molecule has 4 aromatic rings. The van der Waals surface area contributed by atoms with Crippen molar-refractivity contribution in [3.05, 3.63) is 77.1 Å². The van der Waals surface area contributed by atoms with Gasteiger partial charge in [0, 0.05) is 62.8 Å². The Morgan fingerprint density at radius 3 is 2.67 bits per heavy atom. The Labute approximate surface area is 251 Å². The van der Waals surface area contributed by atoms with Gasteiger partial charge in [0.1, 0.15) is 29.6 Å². The van der Waals surface area contributed by atoms with Crippen LogP contribution in [0.5, 0.6) is 0 Å². The second-order valence-electron chi connectivity index (χ2n) is 11.9. The number of aryl methyl sites for hydroxylation is 1. The third-order valence-electron chi connectivity index (χ3n) is 9.07. The van der Waals surface area contributed by atoms with Crippen LogP contribution in [-0.4, -0.2) is 76.0 Å². The highest BCUT2D eigenvalue weighted by molar-refractivity contribution is 6.01. The zero-order valence-corrected chi connectivity index (χ0v) is 25.1. The van der Waals surface area contributed by atoms with Crippen molar-refractivity contribution in [3.8, 4) is 6.07 Å². The maximum atomic E-state index is 14.4. The number of aromatic nitrogens is 3. The number of rotatable bonds is 6. The monoisotopic (exact) mass is 580 g/mol. The van der Waals surface area contributed by atoms with E-state index in [2.05, 4.69) is 49.8 Å². The first-order valence-electron chi connectivity index (χ1n) is 14.9. The summed E-state index contributed by atoms with van der Waals surface area (Å²) in [5.74, 6) is 0.199. The van der Waals surface area contributed by atoms with Crippen molar-refractivity contribution in [1.29, 1.82) is 5.26 Å². The van der Waals surface area contributed by atoms with Gasteiger partial charge in [-0.25, -0.2) is 14.4 Å². The number of piperidine rings is 1. The Balaban J connectivity index is 1.19. The standard InChI is InChI=1S/C33H37FN8O/c1-21(2)39(4)33(43)28-15-24(34)6-8-30(28)42-14-13-41(32-31(42)18-36-20-37-32)26-9-11-40(12-10-26)19-23-5-7-29-27(22(23)3)16-25(17-35)38-29/h5-8,15-16,18,20-21,26,38H,9-14,19H2,1-4H3. The lowest BCUT2D eigenvalue weighted by atomic mass is 9.99. The van der Waals surface area contributed by atoms with E-state index in [0.29, 0.717) is 29.5 Å².